The molecule has 2 amide bonds. The zero-order valence-corrected chi connectivity index (χ0v) is 33.1. The van der Waals surface area contributed by atoms with Gasteiger partial charge in [0.2, 0.25) is 0 Å². The van der Waals surface area contributed by atoms with Crippen molar-refractivity contribution in [2.24, 2.45) is 10.9 Å². The Kier molecular flexibility index (Phi) is 15.3. The summed E-state index contributed by atoms with van der Waals surface area (Å²) in [5, 5.41) is 8.31. The third-order valence-corrected chi connectivity index (χ3v) is 10.7. The molecule has 5 aromatic rings. The van der Waals surface area contributed by atoms with E-state index in [1.807, 2.05) is 48.5 Å². The number of aryl methyl sites for hydroxylation is 2. The van der Waals surface area contributed by atoms with Gasteiger partial charge < -0.3 is 15.5 Å². The zero-order chi connectivity index (χ0) is 40.6. The van der Waals surface area contributed by atoms with Crippen LogP contribution in [0.5, 0.6) is 5.75 Å². The highest BCUT2D eigenvalue weighted by molar-refractivity contribution is 7.98. The summed E-state index contributed by atoms with van der Waals surface area (Å²) in [4.78, 5) is 35.8. The summed E-state index contributed by atoms with van der Waals surface area (Å²) < 4.78 is 39.9. The lowest BCUT2D eigenvalue weighted by molar-refractivity contribution is -0.121. The summed E-state index contributed by atoms with van der Waals surface area (Å²) in [5.41, 5.74) is 10.3. The smallest absolute Gasteiger partial charge is 0.295 e. The van der Waals surface area contributed by atoms with E-state index in [-0.39, 0.29) is 29.5 Å². The van der Waals surface area contributed by atoms with Gasteiger partial charge in [0.15, 0.2) is 0 Å². The first kappa shape index (κ1) is 42.1. The number of nitrogens with zero attached hydrogens (tertiary/aromatic N) is 4. The third-order valence-electron chi connectivity index (χ3n) is 8.38. The molecule has 0 atom stereocenters. The number of hydrogen-bond donors (Lipinski definition) is 5. The largest absolute Gasteiger partial charge is 0.491 e. The highest BCUT2D eigenvalue weighted by Gasteiger charge is 2.15. The van der Waals surface area contributed by atoms with Crippen molar-refractivity contribution in [2.45, 2.75) is 42.2 Å². The predicted molar refractivity (Wildman–Crippen MR) is 222 cm³/mol. The SMILES string of the molecule is Cc1cccc(C)c1SCc1ccc(OCCc2ccccc2)c(C=CC(=O)NN(CCCNC(=O)c2ccc(NN)nc2)/N=C/c2ccccc2S(=O)(=O)O)n1. The molecule has 14 nitrogen and oxygen atoms in total. The lowest BCUT2D eigenvalue weighted by Crippen LogP contribution is -2.39. The molecule has 2 aromatic heterocycles. The summed E-state index contributed by atoms with van der Waals surface area (Å²) >= 11 is 1.69. The minimum atomic E-state index is -4.55. The molecule has 57 heavy (non-hydrogen) atoms. The van der Waals surface area contributed by atoms with Crippen molar-refractivity contribution in [3.05, 3.63) is 149 Å². The number of nitrogens with two attached hydrogens (primary N) is 1. The topological polar surface area (TPSA) is 201 Å². The van der Waals surface area contributed by atoms with Crippen molar-refractivity contribution in [3.8, 4) is 5.75 Å². The Balaban J connectivity index is 1.31. The molecule has 0 saturated heterocycles. The van der Waals surface area contributed by atoms with Gasteiger partial charge in [-0.2, -0.15) is 13.5 Å². The van der Waals surface area contributed by atoms with Gasteiger partial charge in [-0.1, -0.05) is 66.7 Å². The number of nitrogens with one attached hydrogen (secondary N) is 3. The number of rotatable bonds is 19. The van der Waals surface area contributed by atoms with Gasteiger partial charge in [-0.05, 0) is 73.4 Å². The molecule has 6 N–H and O–H groups in total. The average Bonchev–Trinajstić information content (AvgIpc) is 3.21. The lowest BCUT2D eigenvalue weighted by Gasteiger charge is -2.19. The predicted octanol–water partition coefficient (Wildman–Crippen LogP) is 5.74. The van der Waals surface area contributed by atoms with E-state index in [2.05, 4.69) is 52.2 Å². The molecule has 5 rings (SSSR count). The molecule has 3 aromatic carbocycles. The van der Waals surface area contributed by atoms with Gasteiger partial charge in [0.05, 0.1) is 30.6 Å². The van der Waals surface area contributed by atoms with E-state index >= 15 is 0 Å². The van der Waals surface area contributed by atoms with E-state index in [4.69, 9.17) is 15.6 Å². The van der Waals surface area contributed by atoms with Gasteiger partial charge in [0.25, 0.3) is 21.9 Å². The van der Waals surface area contributed by atoms with Gasteiger partial charge in [-0.25, -0.2) is 26.4 Å². The standard InChI is InChI=1S/C41H44N8O6S2/c1-29-10-8-11-30(2)40(29)56-28-34-17-19-36(55-25-22-31-12-4-3-5-13-31)35(46-34)18-21-39(50)48-49(45-27-32-14-6-7-15-37(32)57(52,53)54)24-9-23-43-41(51)33-16-20-38(47-42)44-26-33/h3-8,10-21,26-27H,9,22-25,28,42H2,1-2H3,(H,43,51)(H,44,47)(H,48,50)(H,52,53,54)/b21-18?,45-27+. The number of pyridine rings is 2. The molecule has 0 aliphatic rings. The van der Waals surface area contributed by atoms with Crippen LogP contribution in [0.25, 0.3) is 6.08 Å². The van der Waals surface area contributed by atoms with Crippen LogP contribution in [-0.4, -0.2) is 65.8 Å². The molecule has 0 aliphatic carbocycles. The Labute approximate surface area is 336 Å². The molecule has 296 valence electrons. The minimum absolute atomic E-state index is 0.100. The number of amides is 2. The second-order valence-corrected chi connectivity index (χ2v) is 15.0. The number of thioether (sulfide) groups is 1. The van der Waals surface area contributed by atoms with E-state index < -0.39 is 16.0 Å². The maximum absolute atomic E-state index is 13.4. The summed E-state index contributed by atoms with van der Waals surface area (Å²) in [5.74, 6) is 5.93. The Morgan fingerprint density at radius 2 is 1.72 bits per heavy atom. The summed E-state index contributed by atoms with van der Waals surface area (Å²) in [6.45, 7) is 4.86. The number of carbonyl (C=O) groups is 2. The molecular weight excluding hydrogens is 765 g/mol. The van der Waals surface area contributed by atoms with Gasteiger partial charge in [-0.3, -0.25) is 14.1 Å². The Hall–Kier alpha value is -6.07. The molecule has 0 fully saturated rings. The number of hydrogen-bond acceptors (Lipinski definition) is 12. The Morgan fingerprint density at radius 3 is 2.44 bits per heavy atom. The number of benzene rings is 3. The van der Waals surface area contributed by atoms with E-state index in [0.717, 1.165) is 11.3 Å². The highest BCUT2D eigenvalue weighted by atomic mass is 32.2. The number of anilines is 1. The van der Waals surface area contributed by atoms with Gasteiger partial charge in [0, 0.05) is 41.5 Å². The Bertz CT molecular complexity index is 2290. The molecule has 0 bridgehead atoms. The second-order valence-electron chi connectivity index (χ2n) is 12.7. The lowest BCUT2D eigenvalue weighted by atomic mass is 10.2. The number of hydrazine groups is 2. The number of nitrogen functional groups attached to an aromatic ring is 1. The molecule has 0 spiro atoms. The fourth-order valence-corrected chi connectivity index (χ4v) is 7.20. The molecule has 2 heterocycles. The number of aromatic nitrogens is 2. The molecule has 0 saturated carbocycles. The fraction of sp³-hybridized carbons (Fsp3) is 0.195. The first-order valence-electron chi connectivity index (χ1n) is 17.9. The van der Waals surface area contributed by atoms with Crippen LogP contribution in [0.4, 0.5) is 5.82 Å². The van der Waals surface area contributed by atoms with Crippen LogP contribution in [0.3, 0.4) is 0 Å². The first-order chi connectivity index (χ1) is 27.5. The maximum atomic E-state index is 13.4. The van der Waals surface area contributed by atoms with Gasteiger partial charge in [-0.15, -0.1) is 11.8 Å². The van der Waals surface area contributed by atoms with E-state index in [1.54, 1.807) is 36.0 Å². The average molecular weight is 809 g/mol. The quantitative estimate of drug-likeness (QED) is 0.0129. The maximum Gasteiger partial charge on any atom is 0.295 e. The molecule has 16 heteroatoms. The number of carbonyl (C=O) groups excluding carboxylic acids is 2. The van der Waals surface area contributed by atoms with Crippen LogP contribution >= 0.6 is 11.8 Å². The van der Waals surface area contributed by atoms with Crippen molar-refractivity contribution in [1.82, 2.24) is 25.8 Å². The summed E-state index contributed by atoms with van der Waals surface area (Å²) in [6.07, 6.45) is 6.46. The van der Waals surface area contributed by atoms with Crippen molar-refractivity contribution >= 4 is 51.8 Å². The molecule has 0 aliphatic heterocycles. The first-order valence-corrected chi connectivity index (χ1v) is 20.4. The van der Waals surface area contributed by atoms with Crippen LogP contribution in [-0.2, 0) is 27.1 Å². The summed E-state index contributed by atoms with van der Waals surface area (Å²) in [6, 6.07) is 28.8. The van der Waals surface area contributed by atoms with Crippen LogP contribution in [0.2, 0.25) is 0 Å². The normalized spacial score (nSPS) is 11.4. The minimum Gasteiger partial charge on any atom is -0.491 e. The van der Waals surface area contributed by atoms with E-state index in [1.165, 1.54) is 57.8 Å². The van der Waals surface area contributed by atoms with Crippen molar-refractivity contribution in [2.75, 3.05) is 25.1 Å². The Morgan fingerprint density at radius 1 is 0.965 bits per heavy atom. The van der Waals surface area contributed by atoms with Gasteiger partial charge in [0.1, 0.15) is 22.2 Å². The molecular formula is C41H44N8O6S2. The zero-order valence-electron chi connectivity index (χ0n) is 31.5. The van der Waals surface area contributed by atoms with Crippen LogP contribution < -0.4 is 26.7 Å². The van der Waals surface area contributed by atoms with Crippen molar-refractivity contribution in [1.29, 1.82) is 0 Å². The second kappa shape index (κ2) is 20.7. The number of ether oxygens (including phenoxy) is 1. The van der Waals surface area contributed by atoms with E-state index in [9.17, 15) is 22.6 Å². The van der Waals surface area contributed by atoms with Crippen molar-refractivity contribution in [3.63, 3.8) is 0 Å². The van der Waals surface area contributed by atoms with Crippen LogP contribution in [0, 0.1) is 13.8 Å². The highest BCUT2D eigenvalue weighted by Crippen LogP contribution is 2.30. The third kappa shape index (κ3) is 13.0. The van der Waals surface area contributed by atoms with E-state index in [0.29, 0.717) is 48.0 Å². The fourth-order valence-electron chi connectivity index (χ4n) is 5.48. The molecule has 0 unspecified atom stereocenters. The van der Waals surface area contributed by atoms with Gasteiger partial charge >= 0.3 is 0 Å². The summed E-state index contributed by atoms with van der Waals surface area (Å²) in [7, 11) is -4.55. The van der Waals surface area contributed by atoms with Crippen LogP contribution in [0.15, 0.2) is 124 Å². The van der Waals surface area contributed by atoms with Crippen molar-refractivity contribution < 1.29 is 27.3 Å². The molecule has 0 radical (unpaired) electrons. The van der Waals surface area contributed by atoms with Crippen LogP contribution in [0.1, 0.15) is 50.4 Å². The monoisotopic (exact) mass is 808 g/mol. The number of hydrazone groups is 1.